The molecule has 1 N–H and O–H groups in total. The fourth-order valence-corrected chi connectivity index (χ4v) is 2.80. The van der Waals surface area contributed by atoms with Gasteiger partial charge in [0.15, 0.2) is 5.43 Å². The van der Waals surface area contributed by atoms with E-state index < -0.39 is 17.2 Å². The zero-order valence-electron chi connectivity index (χ0n) is 12.9. The second-order valence-corrected chi connectivity index (χ2v) is 5.64. The highest BCUT2D eigenvalue weighted by molar-refractivity contribution is 5.81. The van der Waals surface area contributed by atoms with Gasteiger partial charge in [-0.05, 0) is 30.2 Å². The zero-order valence-corrected chi connectivity index (χ0v) is 12.9. The Bertz CT molecular complexity index is 948. The number of aromatic nitrogens is 1. The van der Waals surface area contributed by atoms with Gasteiger partial charge in [0.2, 0.25) is 0 Å². The van der Waals surface area contributed by atoms with Crippen molar-refractivity contribution in [3.05, 3.63) is 81.9 Å². The number of halogens is 1. The molecule has 0 radical (unpaired) electrons. The number of aliphatic carboxylic acids is 1. The summed E-state index contributed by atoms with van der Waals surface area (Å²) >= 11 is 0. The number of benzene rings is 2. The summed E-state index contributed by atoms with van der Waals surface area (Å²) in [5.74, 6) is -1.60. The van der Waals surface area contributed by atoms with Crippen molar-refractivity contribution in [2.24, 2.45) is 0 Å². The van der Waals surface area contributed by atoms with E-state index in [4.69, 9.17) is 5.11 Å². The molecule has 0 aliphatic carbocycles. The largest absolute Gasteiger partial charge is 0.481 e. The Morgan fingerprint density at radius 3 is 2.58 bits per heavy atom. The standard InChI is InChI=1S/C19H16FNO3/c20-15-6-7-17-16(11-15)19(24)14(10-18(22)23)12-21(17)9-8-13-4-2-1-3-5-13/h1-7,11-12H,8-10H2,(H,22,23). The summed E-state index contributed by atoms with van der Waals surface area (Å²) in [5, 5.41) is 9.20. The van der Waals surface area contributed by atoms with E-state index in [1.54, 1.807) is 12.3 Å². The van der Waals surface area contributed by atoms with Gasteiger partial charge in [-0.1, -0.05) is 30.3 Å². The van der Waals surface area contributed by atoms with Gasteiger partial charge in [-0.15, -0.1) is 0 Å². The monoisotopic (exact) mass is 325 g/mol. The molecule has 0 saturated carbocycles. The molecular weight excluding hydrogens is 309 g/mol. The van der Waals surface area contributed by atoms with Crippen LogP contribution in [0.5, 0.6) is 0 Å². The highest BCUT2D eigenvalue weighted by atomic mass is 19.1. The maximum atomic E-state index is 13.5. The van der Waals surface area contributed by atoms with E-state index in [9.17, 15) is 14.0 Å². The van der Waals surface area contributed by atoms with Crippen LogP contribution in [-0.4, -0.2) is 15.6 Å². The van der Waals surface area contributed by atoms with Gasteiger partial charge in [0.1, 0.15) is 5.82 Å². The van der Waals surface area contributed by atoms with E-state index in [0.717, 1.165) is 12.0 Å². The van der Waals surface area contributed by atoms with Gasteiger partial charge in [-0.2, -0.15) is 0 Å². The van der Waals surface area contributed by atoms with Crippen LogP contribution in [0.25, 0.3) is 10.9 Å². The third-order valence-electron chi connectivity index (χ3n) is 3.94. The van der Waals surface area contributed by atoms with E-state index >= 15 is 0 Å². The van der Waals surface area contributed by atoms with Crippen molar-refractivity contribution >= 4 is 16.9 Å². The smallest absolute Gasteiger partial charge is 0.308 e. The second kappa shape index (κ2) is 6.66. The maximum absolute atomic E-state index is 13.5. The first-order valence-corrected chi connectivity index (χ1v) is 7.62. The summed E-state index contributed by atoms with van der Waals surface area (Å²) in [6.45, 7) is 0.568. The fraction of sp³-hybridized carbons (Fsp3) is 0.158. The molecule has 1 aromatic heterocycles. The summed E-state index contributed by atoms with van der Waals surface area (Å²) in [6, 6.07) is 13.9. The van der Waals surface area contributed by atoms with Gasteiger partial charge in [-0.3, -0.25) is 9.59 Å². The highest BCUT2D eigenvalue weighted by Gasteiger charge is 2.12. The molecule has 0 amide bonds. The molecule has 24 heavy (non-hydrogen) atoms. The lowest BCUT2D eigenvalue weighted by molar-refractivity contribution is -0.136. The van der Waals surface area contributed by atoms with E-state index in [0.29, 0.717) is 12.1 Å². The van der Waals surface area contributed by atoms with Crippen molar-refractivity contribution in [2.75, 3.05) is 0 Å². The van der Waals surface area contributed by atoms with Gasteiger partial charge in [0, 0.05) is 23.7 Å². The molecule has 4 nitrogen and oxygen atoms in total. The van der Waals surface area contributed by atoms with Gasteiger partial charge in [-0.25, -0.2) is 4.39 Å². The molecular formula is C19H16FNO3. The Morgan fingerprint density at radius 1 is 1.12 bits per heavy atom. The molecule has 2 aromatic carbocycles. The molecule has 0 aliphatic rings. The molecule has 0 atom stereocenters. The minimum atomic E-state index is -1.09. The Morgan fingerprint density at radius 2 is 1.88 bits per heavy atom. The van der Waals surface area contributed by atoms with Gasteiger partial charge in [0.25, 0.3) is 0 Å². The van der Waals surface area contributed by atoms with Crippen LogP contribution in [0, 0.1) is 5.82 Å². The Kier molecular flexibility index (Phi) is 4.42. The summed E-state index contributed by atoms with van der Waals surface area (Å²) in [4.78, 5) is 23.4. The Hall–Kier alpha value is -2.95. The van der Waals surface area contributed by atoms with Crippen molar-refractivity contribution in [3.63, 3.8) is 0 Å². The molecule has 0 fully saturated rings. The predicted molar refractivity (Wildman–Crippen MR) is 89.7 cm³/mol. The van der Waals surface area contributed by atoms with Gasteiger partial charge < -0.3 is 9.67 Å². The van der Waals surface area contributed by atoms with Crippen molar-refractivity contribution in [3.8, 4) is 0 Å². The quantitative estimate of drug-likeness (QED) is 0.784. The van der Waals surface area contributed by atoms with Crippen molar-refractivity contribution < 1.29 is 14.3 Å². The van der Waals surface area contributed by atoms with Gasteiger partial charge in [0.05, 0.1) is 11.9 Å². The molecule has 0 saturated heterocycles. The summed E-state index contributed by atoms with van der Waals surface area (Å²) in [7, 11) is 0. The van der Waals surface area contributed by atoms with Crippen molar-refractivity contribution in [1.29, 1.82) is 0 Å². The molecule has 0 aliphatic heterocycles. The minimum absolute atomic E-state index is 0.161. The Balaban J connectivity index is 2.06. The molecule has 0 unspecified atom stereocenters. The van der Waals surface area contributed by atoms with Crippen LogP contribution in [0.1, 0.15) is 11.1 Å². The van der Waals surface area contributed by atoms with Crippen LogP contribution in [0.15, 0.2) is 59.5 Å². The predicted octanol–water partition coefficient (Wildman–Crippen LogP) is 3.01. The normalized spacial score (nSPS) is 10.9. The summed E-state index contributed by atoms with van der Waals surface area (Å²) in [5.41, 5.74) is 1.47. The lowest BCUT2D eigenvalue weighted by Crippen LogP contribution is -2.18. The number of aryl methyl sites for hydroxylation is 2. The number of carboxylic acids is 1. The van der Waals surface area contributed by atoms with Crippen molar-refractivity contribution in [1.82, 2.24) is 4.57 Å². The molecule has 3 rings (SSSR count). The number of pyridine rings is 1. The third-order valence-corrected chi connectivity index (χ3v) is 3.94. The topological polar surface area (TPSA) is 59.3 Å². The fourth-order valence-electron chi connectivity index (χ4n) is 2.80. The van der Waals surface area contributed by atoms with E-state index in [2.05, 4.69) is 0 Å². The number of carboxylic acid groups (broad SMARTS) is 1. The van der Waals surface area contributed by atoms with E-state index in [1.165, 1.54) is 12.1 Å². The zero-order chi connectivity index (χ0) is 17.1. The average molecular weight is 325 g/mol. The van der Waals surface area contributed by atoms with Crippen molar-refractivity contribution in [2.45, 2.75) is 19.4 Å². The first kappa shape index (κ1) is 15.9. The van der Waals surface area contributed by atoms with Crippen LogP contribution < -0.4 is 5.43 Å². The van der Waals surface area contributed by atoms with Crippen LogP contribution in [0.2, 0.25) is 0 Å². The van der Waals surface area contributed by atoms with Gasteiger partial charge >= 0.3 is 5.97 Å². The third kappa shape index (κ3) is 3.35. The van der Waals surface area contributed by atoms with E-state index in [-0.39, 0.29) is 17.4 Å². The minimum Gasteiger partial charge on any atom is -0.481 e. The SMILES string of the molecule is O=C(O)Cc1cn(CCc2ccccc2)c2ccc(F)cc2c1=O. The molecule has 5 heteroatoms. The summed E-state index contributed by atoms with van der Waals surface area (Å²) < 4.78 is 15.3. The molecule has 1 heterocycles. The maximum Gasteiger partial charge on any atom is 0.308 e. The number of hydrogen-bond acceptors (Lipinski definition) is 2. The summed E-state index contributed by atoms with van der Waals surface area (Å²) in [6.07, 6.45) is 1.92. The number of nitrogens with zero attached hydrogens (tertiary/aromatic N) is 1. The molecule has 0 bridgehead atoms. The lowest BCUT2D eigenvalue weighted by atomic mass is 10.1. The lowest BCUT2D eigenvalue weighted by Gasteiger charge is -2.13. The molecule has 122 valence electrons. The number of rotatable bonds is 5. The van der Waals surface area contributed by atoms with Crippen LogP contribution >= 0.6 is 0 Å². The van der Waals surface area contributed by atoms with Crippen LogP contribution in [0.3, 0.4) is 0 Å². The number of carbonyl (C=O) groups is 1. The van der Waals surface area contributed by atoms with Crippen LogP contribution in [-0.2, 0) is 24.2 Å². The molecule has 0 spiro atoms. The first-order valence-electron chi connectivity index (χ1n) is 7.62. The first-order chi connectivity index (χ1) is 11.5. The second-order valence-electron chi connectivity index (χ2n) is 5.64. The average Bonchev–Trinajstić information content (AvgIpc) is 2.57. The molecule has 3 aromatic rings. The highest BCUT2D eigenvalue weighted by Crippen LogP contribution is 2.15. The number of hydrogen-bond donors (Lipinski definition) is 1. The van der Waals surface area contributed by atoms with E-state index in [1.807, 2.05) is 34.9 Å². The Labute approximate surface area is 137 Å². The number of fused-ring (bicyclic) bond motifs is 1. The van der Waals surface area contributed by atoms with Crippen LogP contribution in [0.4, 0.5) is 4.39 Å².